The number of H-pyrrole nitrogens is 1. The van der Waals surface area contributed by atoms with Gasteiger partial charge in [0.25, 0.3) is 5.69 Å². The first-order valence-electron chi connectivity index (χ1n) is 7.67. The summed E-state index contributed by atoms with van der Waals surface area (Å²) in [5, 5.41) is 18.3. The minimum atomic E-state index is -0.705. The van der Waals surface area contributed by atoms with Crippen molar-refractivity contribution < 1.29 is 14.5 Å². The molecule has 1 aromatic heterocycles. The number of aromatic nitrogens is 3. The second-order valence-electron chi connectivity index (χ2n) is 5.70. The Bertz CT molecular complexity index is 787. The SMILES string of the molecule is COC(=O)c1cc([N+](=O)[O-])c(N2CCC(c3ncn[nH]3)CC2)cc1Cl. The Morgan fingerprint density at radius 3 is 2.72 bits per heavy atom. The van der Waals surface area contributed by atoms with Gasteiger partial charge in [0, 0.05) is 25.1 Å². The summed E-state index contributed by atoms with van der Waals surface area (Å²) in [6.45, 7) is 1.22. The number of methoxy groups -OCH3 is 1. The highest BCUT2D eigenvalue weighted by Crippen LogP contribution is 2.37. The van der Waals surface area contributed by atoms with Gasteiger partial charge < -0.3 is 9.64 Å². The van der Waals surface area contributed by atoms with Gasteiger partial charge in [0.05, 0.1) is 22.6 Å². The van der Waals surface area contributed by atoms with Crippen LogP contribution < -0.4 is 4.90 Å². The number of nitrogens with zero attached hydrogens (tertiary/aromatic N) is 4. The Kier molecular flexibility index (Phi) is 4.84. The van der Waals surface area contributed by atoms with Gasteiger partial charge in [-0.1, -0.05) is 11.6 Å². The summed E-state index contributed by atoms with van der Waals surface area (Å²) in [7, 11) is 1.20. The zero-order valence-corrected chi connectivity index (χ0v) is 14.2. The number of piperidine rings is 1. The van der Waals surface area contributed by atoms with Crippen LogP contribution in [-0.4, -0.2) is 46.3 Å². The maximum Gasteiger partial charge on any atom is 0.339 e. The lowest BCUT2D eigenvalue weighted by Gasteiger charge is -2.32. The van der Waals surface area contributed by atoms with E-state index in [4.69, 9.17) is 11.6 Å². The quantitative estimate of drug-likeness (QED) is 0.503. The normalized spacial score (nSPS) is 15.2. The highest BCUT2D eigenvalue weighted by Gasteiger charge is 2.29. The lowest BCUT2D eigenvalue weighted by molar-refractivity contribution is -0.384. The van der Waals surface area contributed by atoms with Crippen LogP contribution in [0.1, 0.15) is 34.9 Å². The lowest BCUT2D eigenvalue weighted by atomic mass is 9.95. The van der Waals surface area contributed by atoms with Crippen LogP contribution >= 0.6 is 11.6 Å². The Morgan fingerprint density at radius 1 is 1.44 bits per heavy atom. The monoisotopic (exact) mass is 365 g/mol. The van der Waals surface area contributed by atoms with Crippen LogP contribution in [0.3, 0.4) is 0 Å². The standard InChI is InChI=1S/C15H16ClN5O4/c1-25-15(22)10-6-13(21(23)24)12(7-11(10)16)20-4-2-9(3-5-20)14-17-8-18-19-14/h6-9H,2-5H2,1H3,(H,17,18,19). The van der Waals surface area contributed by atoms with E-state index in [2.05, 4.69) is 19.9 Å². The number of aromatic amines is 1. The first kappa shape index (κ1) is 17.2. The molecular formula is C15H16ClN5O4. The molecule has 10 heteroatoms. The van der Waals surface area contributed by atoms with Crippen molar-refractivity contribution in [3.63, 3.8) is 0 Å². The largest absolute Gasteiger partial charge is 0.465 e. The second kappa shape index (κ2) is 7.06. The van der Waals surface area contributed by atoms with Gasteiger partial charge >= 0.3 is 5.97 Å². The molecule has 132 valence electrons. The maximum absolute atomic E-state index is 11.7. The van der Waals surface area contributed by atoms with Crippen molar-refractivity contribution in [2.24, 2.45) is 0 Å². The number of ether oxygens (including phenoxy) is 1. The van der Waals surface area contributed by atoms with E-state index in [0.717, 1.165) is 18.7 Å². The molecule has 0 bridgehead atoms. The zero-order valence-electron chi connectivity index (χ0n) is 13.4. The van der Waals surface area contributed by atoms with Crippen molar-refractivity contribution in [2.45, 2.75) is 18.8 Å². The number of carbonyl (C=O) groups excluding carboxylic acids is 1. The zero-order chi connectivity index (χ0) is 18.0. The number of hydrogen-bond donors (Lipinski definition) is 1. The third-order valence-corrected chi connectivity index (χ3v) is 4.63. The molecule has 1 aromatic carbocycles. The molecule has 1 N–H and O–H groups in total. The first-order chi connectivity index (χ1) is 12.0. The fraction of sp³-hybridized carbons (Fsp3) is 0.400. The molecule has 0 unspecified atom stereocenters. The van der Waals surface area contributed by atoms with Crippen LogP contribution in [-0.2, 0) is 4.74 Å². The van der Waals surface area contributed by atoms with Crippen molar-refractivity contribution in [1.82, 2.24) is 15.2 Å². The Hall–Kier alpha value is -2.68. The van der Waals surface area contributed by atoms with E-state index in [0.29, 0.717) is 18.8 Å². The molecule has 1 aliphatic rings. The highest BCUT2D eigenvalue weighted by atomic mass is 35.5. The molecule has 2 heterocycles. The molecule has 1 saturated heterocycles. The van der Waals surface area contributed by atoms with Crippen LogP contribution in [0.15, 0.2) is 18.5 Å². The van der Waals surface area contributed by atoms with Crippen molar-refractivity contribution in [1.29, 1.82) is 0 Å². The van der Waals surface area contributed by atoms with Crippen LogP contribution in [0, 0.1) is 10.1 Å². The fourth-order valence-electron chi connectivity index (χ4n) is 3.02. The van der Waals surface area contributed by atoms with Gasteiger partial charge in [-0.05, 0) is 18.9 Å². The van der Waals surface area contributed by atoms with Crippen LogP contribution in [0.2, 0.25) is 5.02 Å². The summed E-state index contributed by atoms with van der Waals surface area (Å²) in [5.74, 6) is 0.361. The van der Waals surface area contributed by atoms with E-state index in [1.807, 2.05) is 4.90 Å². The van der Waals surface area contributed by atoms with E-state index >= 15 is 0 Å². The van der Waals surface area contributed by atoms with Crippen LogP contribution in [0.25, 0.3) is 0 Å². The molecule has 1 aliphatic heterocycles. The smallest absolute Gasteiger partial charge is 0.339 e. The molecule has 3 rings (SSSR count). The number of nitrogens with one attached hydrogen (secondary N) is 1. The minimum Gasteiger partial charge on any atom is -0.465 e. The number of esters is 1. The van der Waals surface area contributed by atoms with E-state index in [9.17, 15) is 14.9 Å². The van der Waals surface area contributed by atoms with Crippen molar-refractivity contribution in [3.05, 3.63) is 45.0 Å². The number of nitro benzene ring substituents is 1. The molecule has 25 heavy (non-hydrogen) atoms. The Morgan fingerprint density at radius 2 is 2.16 bits per heavy atom. The number of halogens is 1. The van der Waals surface area contributed by atoms with Crippen molar-refractivity contribution >= 4 is 28.9 Å². The first-order valence-corrected chi connectivity index (χ1v) is 8.05. The summed E-state index contributed by atoms with van der Waals surface area (Å²) in [5.41, 5.74) is 0.220. The predicted octanol–water partition coefficient (Wildman–Crippen LogP) is 2.54. The molecule has 0 radical (unpaired) electrons. The molecule has 0 amide bonds. The number of carbonyl (C=O) groups is 1. The summed E-state index contributed by atoms with van der Waals surface area (Å²) in [4.78, 5) is 28.7. The van der Waals surface area contributed by atoms with Gasteiger partial charge in [-0.15, -0.1) is 0 Å². The number of anilines is 1. The molecule has 0 spiro atoms. The summed E-state index contributed by atoms with van der Waals surface area (Å²) < 4.78 is 4.62. The molecule has 1 fully saturated rings. The number of hydrogen-bond acceptors (Lipinski definition) is 7. The van der Waals surface area contributed by atoms with Crippen molar-refractivity contribution in [2.75, 3.05) is 25.1 Å². The molecule has 0 aliphatic carbocycles. The lowest BCUT2D eigenvalue weighted by Crippen LogP contribution is -2.33. The summed E-state index contributed by atoms with van der Waals surface area (Å²) in [6.07, 6.45) is 3.03. The molecule has 0 saturated carbocycles. The van der Waals surface area contributed by atoms with Crippen LogP contribution in [0.4, 0.5) is 11.4 Å². The minimum absolute atomic E-state index is 0.0174. The maximum atomic E-state index is 11.7. The van der Waals surface area contributed by atoms with E-state index in [1.165, 1.54) is 25.6 Å². The van der Waals surface area contributed by atoms with E-state index < -0.39 is 10.9 Å². The number of rotatable bonds is 4. The van der Waals surface area contributed by atoms with E-state index in [-0.39, 0.29) is 22.2 Å². The number of benzene rings is 1. The Balaban J connectivity index is 1.86. The fourth-order valence-corrected chi connectivity index (χ4v) is 3.26. The molecule has 2 aromatic rings. The topological polar surface area (TPSA) is 114 Å². The van der Waals surface area contributed by atoms with E-state index in [1.54, 1.807) is 0 Å². The summed E-state index contributed by atoms with van der Waals surface area (Å²) >= 11 is 6.14. The van der Waals surface area contributed by atoms with Crippen molar-refractivity contribution in [3.8, 4) is 0 Å². The summed E-state index contributed by atoms with van der Waals surface area (Å²) in [6, 6.07) is 2.63. The average Bonchev–Trinajstić information content (AvgIpc) is 3.15. The third kappa shape index (κ3) is 3.41. The van der Waals surface area contributed by atoms with Gasteiger partial charge in [0.15, 0.2) is 0 Å². The van der Waals surface area contributed by atoms with Gasteiger partial charge in [-0.25, -0.2) is 9.78 Å². The van der Waals surface area contributed by atoms with Gasteiger partial charge in [0.1, 0.15) is 17.8 Å². The third-order valence-electron chi connectivity index (χ3n) is 4.32. The second-order valence-corrected chi connectivity index (χ2v) is 6.11. The number of nitro groups is 1. The highest BCUT2D eigenvalue weighted by molar-refractivity contribution is 6.34. The van der Waals surface area contributed by atoms with Gasteiger partial charge in [-0.3, -0.25) is 15.2 Å². The molecule has 0 atom stereocenters. The van der Waals surface area contributed by atoms with Gasteiger partial charge in [0.2, 0.25) is 0 Å². The van der Waals surface area contributed by atoms with Crippen LogP contribution in [0.5, 0.6) is 0 Å². The average molecular weight is 366 g/mol. The molecular weight excluding hydrogens is 350 g/mol. The molecule has 9 nitrogen and oxygen atoms in total. The van der Waals surface area contributed by atoms with Gasteiger partial charge in [-0.2, -0.15) is 5.10 Å². The Labute approximate surface area is 148 Å². The predicted molar refractivity (Wildman–Crippen MR) is 90.0 cm³/mol.